The number of fused-ring (bicyclic) bond motifs is 1. The zero-order chi connectivity index (χ0) is 12.6. The molecule has 0 N–H and O–H groups in total. The fraction of sp³-hybridized carbons (Fsp3) is 0.214. The van der Waals surface area contributed by atoms with Gasteiger partial charge in [-0.05, 0) is 24.4 Å². The molecule has 3 rings (SSSR count). The molecule has 0 radical (unpaired) electrons. The van der Waals surface area contributed by atoms with Crippen molar-refractivity contribution >= 4 is 45.5 Å². The summed E-state index contributed by atoms with van der Waals surface area (Å²) in [7, 11) is 0. The highest BCUT2D eigenvalue weighted by atomic mass is 127. The van der Waals surface area contributed by atoms with Gasteiger partial charge in [0.25, 0.3) is 0 Å². The van der Waals surface area contributed by atoms with Gasteiger partial charge in [-0.25, -0.2) is 4.99 Å². The van der Waals surface area contributed by atoms with E-state index in [-0.39, 0.29) is 5.60 Å². The monoisotopic (exact) mass is 369 g/mol. The smallest absolute Gasteiger partial charge is 0.232 e. The Balaban J connectivity index is 2.15. The number of aliphatic imine (C=N–C) groups is 1. The lowest BCUT2D eigenvalue weighted by molar-refractivity contribution is 0.100. The van der Waals surface area contributed by atoms with Crippen molar-refractivity contribution in [2.45, 2.75) is 12.5 Å². The van der Waals surface area contributed by atoms with E-state index in [2.05, 4.69) is 46.6 Å². The first-order chi connectivity index (χ1) is 8.73. The molecule has 0 fully saturated rings. The van der Waals surface area contributed by atoms with E-state index in [0.29, 0.717) is 0 Å². The number of rotatable bonds is 2. The highest BCUT2D eigenvalue weighted by Gasteiger charge is 2.35. The number of alkyl halides is 1. The van der Waals surface area contributed by atoms with Gasteiger partial charge in [0.1, 0.15) is 5.60 Å². The molecule has 1 aromatic heterocycles. The fourth-order valence-corrected chi connectivity index (χ4v) is 3.24. The van der Waals surface area contributed by atoms with E-state index in [1.54, 1.807) is 11.3 Å². The molecule has 1 atom stereocenters. The molecule has 1 aliphatic rings. The second-order valence-electron chi connectivity index (χ2n) is 4.38. The van der Waals surface area contributed by atoms with Gasteiger partial charge in [-0.3, -0.25) is 0 Å². The number of hydrogen-bond acceptors (Lipinski definition) is 3. The number of benzene rings is 1. The molecule has 0 amide bonds. The van der Waals surface area contributed by atoms with E-state index in [9.17, 15) is 0 Å². The normalized spacial score (nSPS) is 22.0. The number of para-hydroxylation sites is 1. The number of ether oxygens (including phenoxy) is 1. The Labute approximate surface area is 124 Å². The molecule has 92 valence electrons. The first-order valence-corrected chi connectivity index (χ1v) is 8.10. The van der Waals surface area contributed by atoms with Gasteiger partial charge in [0, 0.05) is 9.99 Å². The summed E-state index contributed by atoms with van der Waals surface area (Å²) >= 11 is 4.03. The largest absolute Gasteiger partial charge is 0.465 e. The second-order valence-corrected chi connectivity index (χ2v) is 6.09. The number of hydrogen-bond donors (Lipinski definition) is 0. The fourth-order valence-electron chi connectivity index (χ4n) is 2.02. The van der Waals surface area contributed by atoms with Crippen LogP contribution in [0.15, 0.2) is 46.8 Å². The van der Waals surface area contributed by atoms with Crippen LogP contribution in [-0.4, -0.2) is 10.3 Å². The molecule has 0 saturated carbocycles. The van der Waals surface area contributed by atoms with E-state index in [4.69, 9.17) is 4.74 Å². The number of thiophene rings is 1. The van der Waals surface area contributed by atoms with Crippen molar-refractivity contribution in [3.05, 3.63) is 52.2 Å². The Bertz CT molecular complexity index is 594. The molecule has 0 bridgehead atoms. The second kappa shape index (κ2) is 4.66. The van der Waals surface area contributed by atoms with E-state index < -0.39 is 0 Å². The van der Waals surface area contributed by atoms with Gasteiger partial charge in [-0.2, -0.15) is 0 Å². The summed E-state index contributed by atoms with van der Waals surface area (Å²) in [6, 6.07) is 12.3. The SMILES string of the molecule is CC1(CI)OC(c2cccs2)=Nc2ccccc21. The molecular weight excluding hydrogens is 357 g/mol. The van der Waals surface area contributed by atoms with Crippen LogP contribution < -0.4 is 0 Å². The van der Waals surface area contributed by atoms with E-state index in [1.165, 1.54) is 5.56 Å². The Morgan fingerprint density at radius 3 is 2.83 bits per heavy atom. The van der Waals surface area contributed by atoms with Crippen LogP contribution in [0.5, 0.6) is 0 Å². The molecule has 1 aliphatic heterocycles. The van der Waals surface area contributed by atoms with Gasteiger partial charge in [0.05, 0.1) is 10.6 Å². The van der Waals surface area contributed by atoms with Crippen molar-refractivity contribution in [1.29, 1.82) is 0 Å². The molecule has 18 heavy (non-hydrogen) atoms. The Morgan fingerprint density at radius 1 is 1.28 bits per heavy atom. The van der Waals surface area contributed by atoms with Crippen LogP contribution >= 0.6 is 33.9 Å². The first kappa shape index (κ1) is 12.2. The van der Waals surface area contributed by atoms with Crippen molar-refractivity contribution in [3.63, 3.8) is 0 Å². The van der Waals surface area contributed by atoms with Crippen LogP contribution in [0.2, 0.25) is 0 Å². The molecule has 4 heteroatoms. The van der Waals surface area contributed by atoms with Crippen molar-refractivity contribution in [2.24, 2.45) is 4.99 Å². The summed E-state index contributed by atoms with van der Waals surface area (Å²) in [4.78, 5) is 5.72. The number of nitrogens with zero attached hydrogens (tertiary/aromatic N) is 1. The average molecular weight is 369 g/mol. The third kappa shape index (κ3) is 1.97. The zero-order valence-corrected chi connectivity index (χ0v) is 12.9. The maximum Gasteiger partial charge on any atom is 0.232 e. The van der Waals surface area contributed by atoms with Crippen molar-refractivity contribution in [2.75, 3.05) is 4.43 Å². The van der Waals surface area contributed by atoms with Gasteiger partial charge in [-0.15, -0.1) is 11.3 Å². The van der Waals surface area contributed by atoms with Gasteiger partial charge >= 0.3 is 0 Å². The highest BCUT2D eigenvalue weighted by molar-refractivity contribution is 14.1. The maximum atomic E-state index is 6.15. The molecular formula is C14H12INOS. The average Bonchev–Trinajstić information content (AvgIpc) is 2.93. The minimum absolute atomic E-state index is 0.293. The van der Waals surface area contributed by atoms with E-state index in [0.717, 1.165) is 20.9 Å². The quantitative estimate of drug-likeness (QED) is 0.564. The summed E-state index contributed by atoms with van der Waals surface area (Å²) < 4.78 is 7.04. The standard InChI is InChI=1S/C14H12INOS/c1-14(9-15)10-5-2-3-6-11(10)16-13(17-14)12-7-4-8-18-12/h2-8H,9H2,1H3. The predicted molar refractivity (Wildman–Crippen MR) is 84.3 cm³/mol. The lowest BCUT2D eigenvalue weighted by Crippen LogP contribution is -2.33. The van der Waals surface area contributed by atoms with Crippen LogP contribution in [0.25, 0.3) is 0 Å². The molecule has 0 aliphatic carbocycles. The molecule has 1 aromatic carbocycles. The van der Waals surface area contributed by atoms with Crippen LogP contribution in [0, 0.1) is 0 Å². The zero-order valence-electron chi connectivity index (χ0n) is 9.89. The molecule has 2 heterocycles. The van der Waals surface area contributed by atoms with Crippen molar-refractivity contribution in [1.82, 2.24) is 0 Å². The van der Waals surface area contributed by atoms with Crippen LogP contribution in [0.3, 0.4) is 0 Å². The van der Waals surface area contributed by atoms with Gasteiger partial charge in [-0.1, -0.05) is 46.9 Å². The lowest BCUT2D eigenvalue weighted by atomic mass is 9.95. The minimum atomic E-state index is -0.293. The molecule has 0 spiro atoms. The summed E-state index contributed by atoms with van der Waals surface area (Å²) in [5.41, 5.74) is 1.89. The Hall–Kier alpha value is -0.880. The molecule has 2 nitrogen and oxygen atoms in total. The molecule has 1 unspecified atom stereocenters. The van der Waals surface area contributed by atoms with Gasteiger partial charge in [0.15, 0.2) is 0 Å². The van der Waals surface area contributed by atoms with Crippen LogP contribution in [0.4, 0.5) is 5.69 Å². The van der Waals surface area contributed by atoms with E-state index >= 15 is 0 Å². The van der Waals surface area contributed by atoms with Crippen molar-refractivity contribution < 1.29 is 4.74 Å². The Kier molecular flexibility index (Phi) is 3.15. The van der Waals surface area contributed by atoms with Gasteiger partial charge < -0.3 is 4.74 Å². The lowest BCUT2D eigenvalue weighted by Gasteiger charge is -2.33. The molecule has 2 aromatic rings. The minimum Gasteiger partial charge on any atom is -0.465 e. The summed E-state index contributed by atoms with van der Waals surface area (Å²) in [5, 5.41) is 2.04. The first-order valence-electron chi connectivity index (χ1n) is 5.70. The summed E-state index contributed by atoms with van der Waals surface area (Å²) in [6.07, 6.45) is 0. The van der Waals surface area contributed by atoms with E-state index in [1.807, 2.05) is 29.6 Å². The third-order valence-electron chi connectivity index (χ3n) is 3.00. The predicted octanol–water partition coefficient (Wildman–Crippen LogP) is 4.51. The van der Waals surface area contributed by atoms with Crippen molar-refractivity contribution in [3.8, 4) is 0 Å². The molecule has 0 saturated heterocycles. The van der Waals surface area contributed by atoms with Crippen LogP contribution in [-0.2, 0) is 10.3 Å². The summed E-state index contributed by atoms with van der Waals surface area (Å²) in [5.74, 6) is 0.739. The highest BCUT2D eigenvalue weighted by Crippen LogP contribution is 2.40. The summed E-state index contributed by atoms with van der Waals surface area (Å²) in [6.45, 7) is 2.13. The number of halogens is 1. The van der Waals surface area contributed by atoms with Crippen LogP contribution in [0.1, 0.15) is 17.4 Å². The van der Waals surface area contributed by atoms with Gasteiger partial charge in [0.2, 0.25) is 5.90 Å². The third-order valence-corrected chi connectivity index (χ3v) is 5.32. The topological polar surface area (TPSA) is 21.6 Å². The maximum absolute atomic E-state index is 6.15. The Morgan fingerprint density at radius 2 is 2.11 bits per heavy atom.